The number of thioether (sulfide) groups is 1. The van der Waals surface area contributed by atoms with E-state index in [1.807, 2.05) is 18.2 Å². The van der Waals surface area contributed by atoms with E-state index < -0.39 is 0 Å². The summed E-state index contributed by atoms with van der Waals surface area (Å²) < 4.78 is 0. The summed E-state index contributed by atoms with van der Waals surface area (Å²) in [6, 6.07) is 5.43. The standard InChI is InChI=1S/C15H19N3O2S/c1-15-7-5-13(19)18(15)12(10-21-15)14(20)17-9-6-11-4-2-3-8-16-11/h2-4,8,12H,5-7,9-10H2,1H3,(H,17,20)/t12-,15+/m0/s1. The summed E-state index contributed by atoms with van der Waals surface area (Å²) >= 11 is 1.72. The third kappa shape index (κ3) is 2.77. The Kier molecular flexibility index (Phi) is 3.89. The van der Waals surface area contributed by atoms with Crippen LogP contribution in [0.1, 0.15) is 25.5 Å². The molecule has 2 fully saturated rings. The van der Waals surface area contributed by atoms with Gasteiger partial charge in [0.25, 0.3) is 0 Å². The first-order chi connectivity index (χ1) is 10.1. The first kappa shape index (κ1) is 14.4. The van der Waals surface area contributed by atoms with Crippen LogP contribution in [0, 0.1) is 0 Å². The molecular formula is C15H19N3O2S. The van der Waals surface area contributed by atoms with E-state index in [-0.39, 0.29) is 22.7 Å². The summed E-state index contributed by atoms with van der Waals surface area (Å²) in [5, 5.41) is 2.94. The molecule has 5 nitrogen and oxygen atoms in total. The molecule has 0 aliphatic carbocycles. The van der Waals surface area contributed by atoms with Gasteiger partial charge in [-0.1, -0.05) is 6.07 Å². The quantitative estimate of drug-likeness (QED) is 0.908. The summed E-state index contributed by atoms with van der Waals surface area (Å²) in [6.45, 7) is 2.61. The van der Waals surface area contributed by atoms with Gasteiger partial charge in [0.05, 0.1) is 4.87 Å². The van der Waals surface area contributed by atoms with E-state index in [1.165, 1.54) is 0 Å². The van der Waals surface area contributed by atoms with Crippen LogP contribution >= 0.6 is 11.8 Å². The third-order valence-corrected chi connectivity index (χ3v) is 5.66. The van der Waals surface area contributed by atoms with Crippen LogP contribution in [0.5, 0.6) is 0 Å². The van der Waals surface area contributed by atoms with Crippen molar-refractivity contribution in [1.82, 2.24) is 15.2 Å². The van der Waals surface area contributed by atoms with E-state index in [1.54, 1.807) is 22.9 Å². The molecule has 2 saturated heterocycles. The molecule has 2 aliphatic rings. The molecule has 2 atom stereocenters. The highest BCUT2D eigenvalue weighted by atomic mass is 32.2. The van der Waals surface area contributed by atoms with E-state index >= 15 is 0 Å². The Bertz CT molecular complexity index is 551. The zero-order chi connectivity index (χ0) is 14.9. The van der Waals surface area contributed by atoms with Crippen LogP contribution < -0.4 is 5.32 Å². The second kappa shape index (κ2) is 5.67. The average Bonchev–Trinajstić information content (AvgIpc) is 2.97. The predicted octanol–water partition coefficient (Wildman–Crippen LogP) is 1.19. The van der Waals surface area contributed by atoms with E-state index in [4.69, 9.17) is 0 Å². The zero-order valence-electron chi connectivity index (χ0n) is 12.0. The van der Waals surface area contributed by atoms with Crippen molar-refractivity contribution in [2.24, 2.45) is 0 Å². The van der Waals surface area contributed by atoms with Crippen molar-refractivity contribution in [3.8, 4) is 0 Å². The molecule has 0 unspecified atom stereocenters. The van der Waals surface area contributed by atoms with Crippen LogP contribution in [0.4, 0.5) is 0 Å². The van der Waals surface area contributed by atoms with E-state index in [2.05, 4.69) is 17.2 Å². The maximum absolute atomic E-state index is 12.3. The molecule has 1 aromatic rings. The van der Waals surface area contributed by atoms with E-state index in [0.717, 1.165) is 12.1 Å². The van der Waals surface area contributed by atoms with E-state index in [9.17, 15) is 9.59 Å². The smallest absolute Gasteiger partial charge is 0.243 e. The third-order valence-electron chi connectivity index (χ3n) is 4.15. The van der Waals surface area contributed by atoms with Crippen molar-refractivity contribution >= 4 is 23.6 Å². The van der Waals surface area contributed by atoms with E-state index in [0.29, 0.717) is 25.1 Å². The number of nitrogens with zero attached hydrogens (tertiary/aromatic N) is 2. The van der Waals surface area contributed by atoms with Crippen LogP contribution in [-0.4, -0.2) is 44.9 Å². The fourth-order valence-corrected chi connectivity index (χ4v) is 4.42. The van der Waals surface area contributed by atoms with Crippen LogP contribution in [-0.2, 0) is 16.0 Å². The molecule has 0 bridgehead atoms. The number of pyridine rings is 1. The Labute approximate surface area is 128 Å². The van der Waals surface area contributed by atoms with Gasteiger partial charge in [0.1, 0.15) is 6.04 Å². The lowest BCUT2D eigenvalue weighted by Crippen LogP contribution is -2.50. The second-order valence-electron chi connectivity index (χ2n) is 5.63. The van der Waals surface area contributed by atoms with Crippen LogP contribution in [0.25, 0.3) is 0 Å². The lowest BCUT2D eigenvalue weighted by atomic mass is 10.2. The van der Waals surface area contributed by atoms with Crippen molar-refractivity contribution in [3.63, 3.8) is 0 Å². The fourth-order valence-electron chi connectivity index (χ4n) is 2.99. The molecule has 3 rings (SSSR count). The highest BCUT2D eigenvalue weighted by Gasteiger charge is 2.52. The van der Waals surface area contributed by atoms with Gasteiger partial charge in [0.15, 0.2) is 0 Å². The maximum atomic E-state index is 12.3. The number of amides is 2. The SMILES string of the molecule is C[C@@]12CCC(=O)N1[C@H](C(=O)NCCc1ccccn1)CS2. The number of aromatic nitrogens is 1. The lowest BCUT2D eigenvalue weighted by Gasteiger charge is -2.29. The number of carbonyl (C=O) groups excluding carboxylic acids is 2. The average molecular weight is 305 g/mol. The van der Waals surface area contributed by atoms with Crippen LogP contribution in [0.15, 0.2) is 24.4 Å². The zero-order valence-corrected chi connectivity index (χ0v) is 12.9. The van der Waals surface area contributed by atoms with Crippen molar-refractivity contribution in [1.29, 1.82) is 0 Å². The first-order valence-electron chi connectivity index (χ1n) is 7.24. The molecule has 2 aliphatic heterocycles. The van der Waals surface area contributed by atoms with Gasteiger partial charge in [0.2, 0.25) is 11.8 Å². The Morgan fingerprint density at radius 2 is 2.43 bits per heavy atom. The highest BCUT2D eigenvalue weighted by Crippen LogP contribution is 2.47. The molecule has 1 aromatic heterocycles. The predicted molar refractivity (Wildman–Crippen MR) is 81.7 cm³/mol. The summed E-state index contributed by atoms with van der Waals surface area (Å²) in [4.78, 5) is 30.2. The Balaban J connectivity index is 1.55. The molecule has 112 valence electrons. The number of hydrogen-bond acceptors (Lipinski definition) is 4. The number of fused-ring (bicyclic) bond motifs is 1. The molecule has 2 amide bonds. The van der Waals surface area contributed by atoms with Gasteiger partial charge in [-0.05, 0) is 25.5 Å². The van der Waals surface area contributed by atoms with Crippen LogP contribution in [0.2, 0.25) is 0 Å². The normalized spacial score (nSPS) is 27.8. The summed E-state index contributed by atoms with van der Waals surface area (Å²) in [5.41, 5.74) is 0.959. The van der Waals surface area contributed by atoms with Crippen LogP contribution in [0.3, 0.4) is 0 Å². The maximum Gasteiger partial charge on any atom is 0.243 e. The van der Waals surface area contributed by atoms with Gasteiger partial charge in [-0.3, -0.25) is 14.6 Å². The minimum Gasteiger partial charge on any atom is -0.354 e. The number of rotatable bonds is 4. The molecule has 0 radical (unpaired) electrons. The van der Waals surface area contributed by atoms with Gasteiger partial charge in [-0.15, -0.1) is 11.8 Å². The minimum absolute atomic E-state index is 0.0441. The Morgan fingerprint density at radius 3 is 3.19 bits per heavy atom. The molecule has 6 heteroatoms. The molecular weight excluding hydrogens is 286 g/mol. The summed E-state index contributed by atoms with van der Waals surface area (Å²) in [7, 11) is 0. The minimum atomic E-state index is -0.321. The number of nitrogens with one attached hydrogen (secondary N) is 1. The largest absolute Gasteiger partial charge is 0.354 e. The number of hydrogen-bond donors (Lipinski definition) is 1. The van der Waals surface area contributed by atoms with Gasteiger partial charge in [0, 0.05) is 37.0 Å². The first-order valence-corrected chi connectivity index (χ1v) is 8.22. The molecule has 0 saturated carbocycles. The van der Waals surface area contributed by atoms with Gasteiger partial charge < -0.3 is 10.2 Å². The Morgan fingerprint density at radius 1 is 1.57 bits per heavy atom. The van der Waals surface area contributed by atoms with Gasteiger partial charge in [-0.2, -0.15) is 0 Å². The fraction of sp³-hybridized carbons (Fsp3) is 0.533. The van der Waals surface area contributed by atoms with Gasteiger partial charge >= 0.3 is 0 Å². The molecule has 0 spiro atoms. The summed E-state index contributed by atoms with van der Waals surface area (Å²) in [6.07, 6.45) is 3.85. The van der Waals surface area contributed by atoms with Crippen molar-refractivity contribution in [3.05, 3.63) is 30.1 Å². The topological polar surface area (TPSA) is 62.3 Å². The number of carbonyl (C=O) groups is 2. The molecule has 1 N–H and O–H groups in total. The summed E-state index contributed by atoms with van der Waals surface area (Å²) in [5.74, 6) is 0.752. The van der Waals surface area contributed by atoms with Gasteiger partial charge in [-0.25, -0.2) is 0 Å². The molecule has 0 aromatic carbocycles. The second-order valence-corrected chi connectivity index (χ2v) is 7.13. The van der Waals surface area contributed by atoms with Crippen molar-refractivity contribution in [2.45, 2.75) is 37.1 Å². The molecule has 21 heavy (non-hydrogen) atoms. The highest BCUT2D eigenvalue weighted by molar-refractivity contribution is 8.01. The lowest BCUT2D eigenvalue weighted by molar-refractivity contribution is -0.137. The Hall–Kier alpha value is -1.56. The molecule has 3 heterocycles. The van der Waals surface area contributed by atoms with Crippen molar-refractivity contribution < 1.29 is 9.59 Å². The van der Waals surface area contributed by atoms with Crippen molar-refractivity contribution in [2.75, 3.05) is 12.3 Å². The monoisotopic (exact) mass is 305 g/mol.